The van der Waals surface area contributed by atoms with Crippen molar-refractivity contribution in [1.82, 2.24) is 15.2 Å². The molecular formula is C26H26FN3O2S. The zero-order valence-corrected chi connectivity index (χ0v) is 19.7. The number of fused-ring (bicyclic) bond motifs is 1. The minimum Gasteiger partial charge on any atom is -0.350 e. The molecule has 2 aromatic carbocycles. The number of aromatic nitrogens is 1. The lowest BCUT2D eigenvalue weighted by Gasteiger charge is -2.27. The summed E-state index contributed by atoms with van der Waals surface area (Å²) in [5.74, 6) is -0.301. The minimum absolute atomic E-state index is 0.0676. The van der Waals surface area contributed by atoms with Crippen molar-refractivity contribution < 1.29 is 14.0 Å². The number of nitrogens with zero attached hydrogens (tertiary/aromatic N) is 2. The average Bonchev–Trinajstić information content (AvgIpc) is 3.27. The van der Waals surface area contributed by atoms with Crippen LogP contribution in [-0.2, 0) is 0 Å². The maximum Gasteiger partial charge on any atom is 0.274 e. The van der Waals surface area contributed by atoms with Crippen LogP contribution in [0.3, 0.4) is 0 Å². The van der Waals surface area contributed by atoms with Gasteiger partial charge in [0.2, 0.25) is 0 Å². The van der Waals surface area contributed by atoms with Crippen molar-refractivity contribution in [2.75, 3.05) is 6.54 Å². The molecule has 0 spiro atoms. The molecule has 2 heterocycles. The Morgan fingerprint density at radius 3 is 2.73 bits per heavy atom. The summed E-state index contributed by atoms with van der Waals surface area (Å²) < 4.78 is 13.9. The molecule has 0 radical (unpaired) electrons. The lowest BCUT2D eigenvalue weighted by atomic mass is 10.1. The summed E-state index contributed by atoms with van der Waals surface area (Å²) in [5, 5.41) is 3.78. The molecule has 1 saturated carbocycles. The molecule has 33 heavy (non-hydrogen) atoms. The third-order valence-electron chi connectivity index (χ3n) is 6.67. The fraction of sp³-hybridized carbons (Fsp3) is 0.346. The van der Waals surface area contributed by atoms with E-state index in [4.69, 9.17) is 0 Å². The number of hydrogen-bond donors (Lipinski definition) is 1. The van der Waals surface area contributed by atoms with Crippen molar-refractivity contribution in [2.45, 2.75) is 45.7 Å². The first-order chi connectivity index (χ1) is 15.8. The molecule has 5 nitrogen and oxygen atoms in total. The molecule has 1 saturated heterocycles. The van der Waals surface area contributed by atoms with Gasteiger partial charge in [0.05, 0.1) is 15.9 Å². The van der Waals surface area contributed by atoms with Gasteiger partial charge < -0.3 is 10.2 Å². The first kappa shape index (κ1) is 21.8. The molecule has 1 unspecified atom stereocenters. The van der Waals surface area contributed by atoms with E-state index in [0.29, 0.717) is 29.3 Å². The zero-order valence-electron chi connectivity index (χ0n) is 18.9. The van der Waals surface area contributed by atoms with E-state index in [1.54, 1.807) is 13.0 Å². The Bertz CT molecular complexity index is 1250. The molecule has 2 amide bonds. The second-order valence-corrected chi connectivity index (χ2v) is 10.3. The van der Waals surface area contributed by atoms with Crippen LogP contribution in [0.15, 0.2) is 42.5 Å². The number of rotatable bonds is 5. The van der Waals surface area contributed by atoms with Crippen LogP contribution in [0.4, 0.5) is 4.39 Å². The third kappa shape index (κ3) is 4.06. The summed E-state index contributed by atoms with van der Waals surface area (Å²) in [5.41, 5.74) is 3.29. The van der Waals surface area contributed by atoms with Crippen LogP contribution in [0.2, 0.25) is 0 Å². The van der Waals surface area contributed by atoms with Crippen LogP contribution >= 0.6 is 11.3 Å². The summed E-state index contributed by atoms with van der Waals surface area (Å²) in [4.78, 5) is 33.8. The summed E-state index contributed by atoms with van der Waals surface area (Å²) >= 11 is 1.53. The number of benzene rings is 2. The topological polar surface area (TPSA) is 62.3 Å². The summed E-state index contributed by atoms with van der Waals surface area (Å²) in [6, 6.07) is 12.7. The van der Waals surface area contributed by atoms with E-state index in [1.807, 2.05) is 36.9 Å². The molecule has 1 N–H and O–H groups in total. The van der Waals surface area contributed by atoms with Crippen LogP contribution in [0.1, 0.15) is 49.8 Å². The van der Waals surface area contributed by atoms with Gasteiger partial charge in [-0.15, -0.1) is 11.3 Å². The molecule has 2 fully saturated rings. The second kappa shape index (κ2) is 8.37. The van der Waals surface area contributed by atoms with E-state index in [1.165, 1.54) is 23.5 Å². The van der Waals surface area contributed by atoms with Crippen molar-refractivity contribution in [3.05, 3.63) is 75.7 Å². The Morgan fingerprint density at radius 1 is 1.15 bits per heavy atom. The Morgan fingerprint density at radius 2 is 1.94 bits per heavy atom. The van der Waals surface area contributed by atoms with Crippen LogP contribution < -0.4 is 5.32 Å². The van der Waals surface area contributed by atoms with E-state index in [0.717, 1.165) is 33.9 Å². The van der Waals surface area contributed by atoms with Gasteiger partial charge >= 0.3 is 0 Å². The number of hydrogen-bond acceptors (Lipinski definition) is 4. The van der Waals surface area contributed by atoms with E-state index < -0.39 is 5.82 Å². The zero-order chi connectivity index (χ0) is 23.3. The van der Waals surface area contributed by atoms with Gasteiger partial charge in [-0.1, -0.05) is 35.9 Å². The molecule has 7 heteroatoms. The highest BCUT2D eigenvalue weighted by atomic mass is 32.1. The number of piperidine rings is 1. The molecule has 170 valence electrons. The third-order valence-corrected chi connectivity index (χ3v) is 7.69. The number of halogens is 1. The van der Waals surface area contributed by atoms with Gasteiger partial charge in [0.25, 0.3) is 11.8 Å². The van der Waals surface area contributed by atoms with Crippen molar-refractivity contribution in [3.63, 3.8) is 0 Å². The van der Waals surface area contributed by atoms with E-state index in [9.17, 15) is 14.0 Å². The predicted molar refractivity (Wildman–Crippen MR) is 127 cm³/mol. The van der Waals surface area contributed by atoms with Crippen molar-refractivity contribution >= 4 is 23.2 Å². The van der Waals surface area contributed by atoms with E-state index >= 15 is 0 Å². The molecular weight excluding hydrogens is 437 g/mol. The number of carbonyl (C=O) groups excluding carboxylic acids is 2. The summed E-state index contributed by atoms with van der Waals surface area (Å²) in [6.45, 7) is 5.90. The molecule has 5 rings (SSSR count). The highest BCUT2D eigenvalue weighted by Gasteiger charge is 2.54. The Kier molecular flexibility index (Phi) is 5.52. The molecule has 1 aromatic heterocycles. The highest BCUT2D eigenvalue weighted by Crippen LogP contribution is 2.48. The fourth-order valence-electron chi connectivity index (χ4n) is 4.89. The number of nitrogens with one attached hydrogen (secondary N) is 1. The lowest BCUT2D eigenvalue weighted by Crippen LogP contribution is -2.45. The Balaban J connectivity index is 1.36. The van der Waals surface area contributed by atoms with Gasteiger partial charge in [0.1, 0.15) is 11.5 Å². The SMILES string of the molecule is Cc1cccc(-c2sc(C)nc2C(=O)N2C3C[C@H]3C[C@H]2CNC(=O)c2cccc(F)c2C)c1. The molecule has 3 atom stereocenters. The van der Waals surface area contributed by atoms with E-state index in [2.05, 4.69) is 16.4 Å². The quantitative estimate of drug-likeness (QED) is 0.585. The van der Waals surface area contributed by atoms with Crippen LogP contribution in [-0.4, -0.2) is 40.3 Å². The van der Waals surface area contributed by atoms with E-state index in [-0.39, 0.29) is 23.9 Å². The molecule has 0 bridgehead atoms. The Hall–Kier alpha value is -3.06. The lowest BCUT2D eigenvalue weighted by molar-refractivity contribution is 0.0684. The molecule has 2 aliphatic rings. The van der Waals surface area contributed by atoms with Gasteiger partial charge in [-0.25, -0.2) is 9.37 Å². The number of thiazole rings is 1. The minimum atomic E-state index is -0.399. The van der Waals surface area contributed by atoms with Crippen LogP contribution in [0.5, 0.6) is 0 Å². The maximum absolute atomic E-state index is 13.9. The van der Waals surface area contributed by atoms with Crippen LogP contribution in [0.25, 0.3) is 10.4 Å². The first-order valence-corrected chi connectivity index (χ1v) is 12.1. The largest absolute Gasteiger partial charge is 0.350 e. The number of amides is 2. The summed E-state index contributed by atoms with van der Waals surface area (Å²) in [6.07, 6.45) is 1.86. The monoisotopic (exact) mass is 463 g/mol. The molecule has 1 aliphatic carbocycles. The smallest absolute Gasteiger partial charge is 0.274 e. The maximum atomic E-state index is 13.9. The standard InChI is InChI=1S/C26H26FN3O2S/c1-14-6-4-7-17(10-14)24-23(29-16(3)33-24)26(32)30-19(11-18-12-22(18)30)13-28-25(31)20-8-5-9-21(27)15(20)2/h4-10,18-19,22H,11-13H2,1-3H3,(H,28,31)/t18-,19+,22?/m1/s1. The Labute approximate surface area is 196 Å². The van der Waals surface area contributed by atoms with Crippen molar-refractivity contribution in [1.29, 1.82) is 0 Å². The van der Waals surface area contributed by atoms with Gasteiger partial charge in [-0.05, 0) is 62.8 Å². The van der Waals surface area contributed by atoms with Gasteiger partial charge in [0.15, 0.2) is 0 Å². The molecule has 3 aromatic rings. The second-order valence-electron chi connectivity index (χ2n) is 9.07. The fourth-order valence-corrected chi connectivity index (χ4v) is 5.80. The number of carbonyl (C=O) groups is 2. The molecule has 1 aliphatic heterocycles. The predicted octanol–water partition coefficient (Wildman–Crippen LogP) is 4.91. The van der Waals surface area contributed by atoms with Crippen molar-refractivity contribution in [3.8, 4) is 10.4 Å². The van der Waals surface area contributed by atoms with Crippen molar-refractivity contribution in [2.24, 2.45) is 5.92 Å². The van der Waals surface area contributed by atoms with Crippen LogP contribution in [0, 0.1) is 32.5 Å². The van der Waals surface area contributed by atoms with Gasteiger partial charge in [0, 0.05) is 18.2 Å². The summed E-state index contributed by atoms with van der Waals surface area (Å²) in [7, 11) is 0. The average molecular weight is 464 g/mol. The normalized spacial score (nSPS) is 21.1. The van der Waals surface area contributed by atoms with Gasteiger partial charge in [-0.3, -0.25) is 9.59 Å². The first-order valence-electron chi connectivity index (χ1n) is 11.2. The number of likely N-dealkylation sites (tertiary alicyclic amines) is 1. The highest BCUT2D eigenvalue weighted by molar-refractivity contribution is 7.15. The van der Waals surface area contributed by atoms with Gasteiger partial charge in [-0.2, -0.15) is 0 Å². The number of aryl methyl sites for hydroxylation is 2.